The summed E-state index contributed by atoms with van der Waals surface area (Å²) >= 11 is 0. The minimum atomic E-state index is -0.487. The van der Waals surface area contributed by atoms with Crippen LogP contribution in [0.4, 0.5) is 4.79 Å². The van der Waals surface area contributed by atoms with Gasteiger partial charge in [-0.15, -0.1) is 0 Å². The van der Waals surface area contributed by atoms with E-state index >= 15 is 0 Å². The molecule has 1 fully saturated rings. The fourth-order valence-electron chi connectivity index (χ4n) is 3.13. The number of hydrogen-bond acceptors (Lipinski definition) is 4. The van der Waals surface area contributed by atoms with E-state index in [2.05, 4.69) is 5.32 Å². The molecule has 1 saturated heterocycles. The van der Waals surface area contributed by atoms with Crippen molar-refractivity contribution in [3.63, 3.8) is 0 Å². The Bertz CT molecular complexity index is 658. The number of nitrogens with zero attached hydrogens (tertiary/aromatic N) is 1. The summed E-state index contributed by atoms with van der Waals surface area (Å²) in [6.07, 6.45) is 2.04. The molecule has 2 amide bonds. The van der Waals surface area contributed by atoms with Gasteiger partial charge in [-0.25, -0.2) is 4.79 Å². The lowest BCUT2D eigenvalue weighted by Gasteiger charge is -2.33. The maximum atomic E-state index is 12.5. The van der Waals surface area contributed by atoms with Crippen molar-refractivity contribution >= 4 is 12.0 Å². The second kappa shape index (κ2) is 6.94. The van der Waals surface area contributed by atoms with Gasteiger partial charge >= 0.3 is 6.09 Å². The number of rotatable bonds is 2. The second-order valence-electron chi connectivity index (χ2n) is 7.64. The molecule has 6 nitrogen and oxygen atoms in total. The number of amides is 2. The van der Waals surface area contributed by atoms with Crippen molar-refractivity contribution in [1.82, 2.24) is 10.2 Å². The summed E-state index contributed by atoms with van der Waals surface area (Å²) in [5.41, 5.74) is 1.27. The molecule has 3 rings (SSSR count). The van der Waals surface area contributed by atoms with E-state index in [4.69, 9.17) is 9.47 Å². The maximum absolute atomic E-state index is 12.5. The van der Waals surface area contributed by atoms with Crippen LogP contribution in [0.25, 0.3) is 0 Å². The topological polar surface area (TPSA) is 67.9 Å². The highest BCUT2D eigenvalue weighted by Gasteiger charge is 2.27. The number of fused-ring (bicyclic) bond motifs is 1. The van der Waals surface area contributed by atoms with Gasteiger partial charge < -0.3 is 19.7 Å². The molecular weight excluding hydrogens is 320 g/mol. The number of likely N-dealkylation sites (tertiary alicyclic amines) is 1. The minimum Gasteiger partial charge on any atom is -0.493 e. The average molecular weight is 346 g/mol. The standard InChI is InChI=1S/C19H26N2O4/c1-19(2,3)25-18(23)21-9-6-15(7-10-21)20-17(22)14-4-5-16-13(12-14)8-11-24-16/h4-5,12,15H,6-11H2,1-3H3,(H,20,22). The first-order valence-corrected chi connectivity index (χ1v) is 8.86. The Morgan fingerprint density at radius 1 is 1.24 bits per heavy atom. The quantitative estimate of drug-likeness (QED) is 0.894. The molecule has 25 heavy (non-hydrogen) atoms. The first-order chi connectivity index (χ1) is 11.8. The third-order valence-corrected chi connectivity index (χ3v) is 4.43. The third kappa shape index (κ3) is 4.44. The lowest BCUT2D eigenvalue weighted by molar-refractivity contribution is 0.0199. The molecule has 0 unspecified atom stereocenters. The lowest BCUT2D eigenvalue weighted by Crippen LogP contribution is -2.47. The molecule has 0 saturated carbocycles. The van der Waals surface area contributed by atoms with E-state index in [1.165, 1.54) is 0 Å². The van der Waals surface area contributed by atoms with Crippen LogP contribution in [0.5, 0.6) is 5.75 Å². The Labute approximate surface area is 148 Å². The Morgan fingerprint density at radius 2 is 1.96 bits per heavy atom. The molecule has 136 valence electrons. The number of piperidine rings is 1. The van der Waals surface area contributed by atoms with Crippen molar-refractivity contribution in [2.75, 3.05) is 19.7 Å². The van der Waals surface area contributed by atoms with E-state index in [1.807, 2.05) is 32.9 Å². The fourth-order valence-corrected chi connectivity index (χ4v) is 3.13. The van der Waals surface area contributed by atoms with Gasteiger partial charge in [0.25, 0.3) is 5.91 Å². The normalized spacial score (nSPS) is 17.6. The number of hydrogen-bond donors (Lipinski definition) is 1. The second-order valence-corrected chi connectivity index (χ2v) is 7.64. The van der Waals surface area contributed by atoms with Gasteiger partial charge in [0.1, 0.15) is 11.4 Å². The molecule has 0 atom stereocenters. The fraction of sp³-hybridized carbons (Fsp3) is 0.579. The van der Waals surface area contributed by atoms with Gasteiger partial charge in [-0.05, 0) is 57.4 Å². The number of benzene rings is 1. The maximum Gasteiger partial charge on any atom is 0.410 e. The Kier molecular flexibility index (Phi) is 4.88. The van der Waals surface area contributed by atoms with Crippen LogP contribution in [0.2, 0.25) is 0 Å². The van der Waals surface area contributed by atoms with Crippen LogP contribution in [0, 0.1) is 0 Å². The molecule has 1 aromatic rings. The van der Waals surface area contributed by atoms with Crippen molar-refractivity contribution in [1.29, 1.82) is 0 Å². The van der Waals surface area contributed by atoms with Crippen molar-refractivity contribution < 1.29 is 19.1 Å². The highest BCUT2D eigenvalue weighted by molar-refractivity contribution is 5.94. The molecule has 0 spiro atoms. The van der Waals surface area contributed by atoms with Crippen LogP contribution < -0.4 is 10.1 Å². The number of carbonyl (C=O) groups is 2. The molecule has 1 N–H and O–H groups in total. The Morgan fingerprint density at radius 3 is 2.64 bits per heavy atom. The van der Waals surface area contributed by atoms with Crippen LogP contribution in [-0.2, 0) is 11.2 Å². The summed E-state index contributed by atoms with van der Waals surface area (Å²) < 4.78 is 10.9. The summed E-state index contributed by atoms with van der Waals surface area (Å²) in [6, 6.07) is 5.65. The third-order valence-electron chi connectivity index (χ3n) is 4.43. The van der Waals surface area contributed by atoms with Gasteiger partial charge in [0.2, 0.25) is 0 Å². The predicted molar refractivity (Wildman–Crippen MR) is 93.9 cm³/mol. The summed E-state index contributed by atoms with van der Waals surface area (Å²) in [7, 11) is 0. The molecule has 0 aromatic heterocycles. The Balaban J connectivity index is 1.50. The summed E-state index contributed by atoms with van der Waals surface area (Å²) in [6.45, 7) is 7.46. The summed E-state index contributed by atoms with van der Waals surface area (Å²) in [4.78, 5) is 26.2. The molecule has 2 heterocycles. The summed E-state index contributed by atoms with van der Waals surface area (Å²) in [5, 5.41) is 3.08. The van der Waals surface area contributed by atoms with Crippen molar-refractivity contribution in [3.8, 4) is 5.75 Å². The number of nitrogens with one attached hydrogen (secondary N) is 1. The van der Waals surface area contributed by atoms with Crippen molar-refractivity contribution in [2.24, 2.45) is 0 Å². The van der Waals surface area contributed by atoms with Crippen LogP contribution in [0.1, 0.15) is 49.5 Å². The summed E-state index contributed by atoms with van der Waals surface area (Å²) in [5.74, 6) is 0.813. The molecule has 1 aromatic carbocycles. The Hall–Kier alpha value is -2.24. The first-order valence-electron chi connectivity index (χ1n) is 8.86. The molecule has 6 heteroatoms. The van der Waals surface area contributed by atoms with E-state index < -0.39 is 5.60 Å². The van der Waals surface area contributed by atoms with E-state index in [0.29, 0.717) is 25.3 Å². The van der Waals surface area contributed by atoms with E-state index in [9.17, 15) is 9.59 Å². The van der Waals surface area contributed by atoms with Gasteiger partial charge in [0.05, 0.1) is 6.61 Å². The first kappa shape index (κ1) is 17.6. The van der Waals surface area contributed by atoms with Gasteiger partial charge in [-0.2, -0.15) is 0 Å². The highest BCUT2D eigenvalue weighted by atomic mass is 16.6. The monoisotopic (exact) mass is 346 g/mol. The average Bonchev–Trinajstić information content (AvgIpc) is 3.01. The predicted octanol–water partition coefficient (Wildman–Crippen LogP) is 2.75. The van der Waals surface area contributed by atoms with Crippen LogP contribution in [0.15, 0.2) is 18.2 Å². The van der Waals surface area contributed by atoms with Gasteiger partial charge in [-0.1, -0.05) is 0 Å². The molecule has 2 aliphatic heterocycles. The number of carbonyl (C=O) groups excluding carboxylic acids is 2. The van der Waals surface area contributed by atoms with E-state index in [-0.39, 0.29) is 18.0 Å². The largest absolute Gasteiger partial charge is 0.493 e. The molecule has 2 aliphatic rings. The molecule has 0 bridgehead atoms. The molecule has 0 aliphatic carbocycles. The molecular formula is C19H26N2O4. The minimum absolute atomic E-state index is 0.0644. The zero-order valence-corrected chi connectivity index (χ0v) is 15.1. The van der Waals surface area contributed by atoms with Crippen molar-refractivity contribution in [3.05, 3.63) is 29.3 Å². The van der Waals surface area contributed by atoms with E-state index in [1.54, 1.807) is 11.0 Å². The van der Waals surface area contributed by atoms with Gasteiger partial charge in [-0.3, -0.25) is 4.79 Å². The zero-order valence-electron chi connectivity index (χ0n) is 15.1. The van der Waals surface area contributed by atoms with Gasteiger partial charge in [0.15, 0.2) is 0 Å². The van der Waals surface area contributed by atoms with E-state index in [0.717, 1.165) is 30.6 Å². The zero-order chi connectivity index (χ0) is 18.0. The smallest absolute Gasteiger partial charge is 0.410 e. The highest BCUT2D eigenvalue weighted by Crippen LogP contribution is 2.26. The van der Waals surface area contributed by atoms with Gasteiger partial charge in [0, 0.05) is 31.1 Å². The van der Waals surface area contributed by atoms with Crippen LogP contribution in [-0.4, -0.2) is 48.2 Å². The SMILES string of the molecule is CC(C)(C)OC(=O)N1CCC(NC(=O)c2ccc3c(c2)CCO3)CC1. The van der Waals surface area contributed by atoms with Crippen LogP contribution >= 0.6 is 0 Å². The molecule has 0 radical (unpaired) electrons. The number of ether oxygens (including phenoxy) is 2. The lowest BCUT2D eigenvalue weighted by atomic mass is 10.0. The van der Waals surface area contributed by atoms with Crippen LogP contribution in [0.3, 0.4) is 0 Å². The van der Waals surface area contributed by atoms with Crippen molar-refractivity contribution in [2.45, 2.75) is 51.7 Å².